The molecule has 0 saturated carbocycles. The first-order valence-electron chi connectivity index (χ1n) is 2.13. The van der Waals surface area contributed by atoms with Crippen LogP contribution in [0.1, 0.15) is 0 Å². The van der Waals surface area contributed by atoms with Crippen LogP contribution in [0.15, 0.2) is 30.3 Å². The molecular weight excluding hydrogens is 216 g/mol. The topological polar surface area (TPSA) is 0 Å². The normalized spacial score (nSPS) is 7.62. The van der Waals surface area contributed by atoms with Crippen molar-refractivity contribution in [2.75, 3.05) is 0 Å². The SMILES string of the molecule is [SeH]c1ccccc1.[Zn]. The van der Waals surface area contributed by atoms with Crippen molar-refractivity contribution in [3.05, 3.63) is 30.3 Å². The van der Waals surface area contributed by atoms with Crippen LogP contribution < -0.4 is 4.46 Å². The molecule has 1 rings (SSSR count). The summed E-state index contributed by atoms with van der Waals surface area (Å²) in [7, 11) is 0. The van der Waals surface area contributed by atoms with Gasteiger partial charge < -0.3 is 0 Å². The summed E-state index contributed by atoms with van der Waals surface area (Å²) in [5.74, 6) is 0. The molecule has 0 aliphatic carbocycles. The summed E-state index contributed by atoms with van der Waals surface area (Å²) < 4.78 is 1.26. The van der Waals surface area contributed by atoms with Gasteiger partial charge in [-0.3, -0.25) is 0 Å². The van der Waals surface area contributed by atoms with Gasteiger partial charge in [0.25, 0.3) is 0 Å². The second kappa shape index (κ2) is 4.26. The van der Waals surface area contributed by atoms with E-state index < -0.39 is 0 Å². The summed E-state index contributed by atoms with van der Waals surface area (Å²) in [6.07, 6.45) is 0. The number of hydrogen-bond acceptors (Lipinski definition) is 0. The van der Waals surface area contributed by atoms with Gasteiger partial charge in [0.1, 0.15) is 0 Å². The Morgan fingerprint density at radius 1 is 1.00 bits per heavy atom. The Balaban J connectivity index is 0.000000490. The van der Waals surface area contributed by atoms with Crippen LogP contribution in [0.4, 0.5) is 0 Å². The molecule has 0 nitrogen and oxygen atoms in total. The average Bonchev–Trinajstić information content (AvgIpc) is 1.69. The molecule has 0 fully saturated rings. The molecule has 0 aromatic heterocycles. The first-order valence-corrected chi connectivity index (χ1v) is 3.07. The molecule has 38 valence electrons. The fourth-order valence-electron chi connectivity index (χ4n) is 0.428. The summed E-state index contributed by atoms with van der Waals surface area (Å²) in [6.45, 7) is 0. The van der Waals surface area contributed by atoms with Crippen LogP contribution in [0.5, 0.6) is 0 Å². The van der Waals surface area contributed by atoms with E-state index >= 15 is 0 Å². The molecule has 0 aliphatic rings. The maximum Gasteiger partial charge on any atom is 0 e. The molecule has 0 amide bonds. The molecule has 8 heavy (non-hydrogen) atoms. The van der Waals surface area contributed by atoms with Crippen LogP contribution in [0.25, 0.3) is 0 Å². The minimum absolute atomic E-state index is 0. The molecule has 0 N–H and O–H groups in total. The van der Waals surface area contributed by atoms with Crippen LogP contribution in [0.2, 0.25) is 0 Å². The van der Waals surface area contributed by atoms with E-state index in [1.807, 2.05) is 18.2 Å². The van der Waals surface area contributed by atoms with Crippen LogP contribution in [-0.4, -0.2) is 16.0 Å². The Bertz CT molecular complexity index is 138. The molecule has 0 radical (unpaired) electrons. The third-order valence-corrected chi connectivity index (χ3v) is 1.38. The predicted molar refractivity (Wildman–Crippen MR) is 33.2 cm³/mol. The summed E-state index contributed by atoms with van der Waals surface area (Å²) in [4.78, 5) is 0. The van der Waals surface area contributed by atoms with Gasteiger partial charge in [-0.05, 0) is 0 Å². The van der Waals surface area contributed by atoms with Crippen LogP contribution in [-0.2, 0) is 19.5 Å². The minimum atomic E-state index is 0. The Morgan fingerprint density at radius 2 is 1.50 bits per heavy atom. The van der Waals surface area contributed by atoms with Gasteiger partial charge in [-0.25, -0.2) is 0 Å². The molecule has 1 aromatic rings. The Hall–Kier alpha value is 0.363. The van der Waals surface area contributed by atoms with Crippen molar-refractivity contribution in [2.24, 2.45) is 0 Å². The first-order chi connectivity index (χ1) is 3.39. The van der Waals surface area contributed by atoms with Crippen molar-refractivity contribution < 1.29 is 19.5 Å². The smallest absolute Gasteiger partial charge is 0 e. The van der Waals surface area contributed by atoms with Gasteiger partial charge in [0.2, 0.25) is 0 Å². The van der Waals surface area contributed by atoms with E-state index in [0.29, 0.717) is 0 Å². The van der Waals surface area contributed by atoms with E-state index in [-0.39, 0.29) is 19.5 Å². The van der Waals surface area contributed by atoms with E-state index in [9.17, 15) is 0 Å². The van der Waals surface area contributed by atoms with Crippen molar-refractivity contribution in [2.45, 2.75) is 0 Å². The van der Waals surface area contributed by atoms with Crippen molar-refractivity contribution in [1.29, 1.82) is 0 Å². The maximum atomic E-state index is 2.49. The number of benzene rings is 1. The fourth-order valence-corrected chi connectivity index (χ4v) is 0.789. The number of rotatable bonds is 0. The molecule has 0 bridgehead atoms. The molecule has 0 spiro atoms. The summed E-state index contributed by atoms with van der Waals surface area (Å²) >= 11 is 2.49. The molecule has 0 heterocycles. The quantitative estimate of drug-likeness (QED) is 0.551. The third kappa shape index (κ3) is 2.62. The van der Waals surface area contributed by atoms with Crippen LogP contribution in [0, 0.1) is 0 Å². The molecular formula is C6H6SeZn. The fraction of sp³-hybridized carbons (Fsp3) is 0. The molecule has 0 atom stereocenters. The van der Waals surface area contributed by atoms with Gasteiger partial charge in [-0.2, -0.15) is 0 Å². The zero-order valence-electron chi connectivity index (χ0n) is 4.54. The van der Waals surface area contributed by atoms with Crippen molar-refractivity contribution in [3.63, 3.8) is 0 Å². The summed E-state index contributed by atoms with van der Waals surface area (Å²) in [6, 6.07) is 10.2. The summed E-state index contributed by atoms with van der Waals surface area (Å²) in [5.41, 5.74) is 0. The van der Waals surface area contributed by atoms with Gasteiger partial charge in [0, 0.05) is 19.5 Å². The Labute approximate surface area is 70.2 Å². The van der Waals surface area contributed by atoms with Gasteiger partial charge in [-0.1, -0.05) is 0 Å². The standard InChI is InChI=1S/C6H6Se.Zn/c7-6-4-2-1-3-5-6;/h1-5,7H;. The maximum absolute atomic E-state index is 2.49. The minimum Gasteiger partial charge on any atom is 0 e. The summed E-state index contributed by atoms with van der Waals surface area (Å²) in [5, 5.41) is 0. The molecule has 0 unspecified atom stereocenters. The van der Waals surface area contributed by atoms with E-state index in [2.05, 4.69) is 28.1 Å². The first kappa shape index (κ1) is 8.36. The second-order valence-electron chi connectivity index (χ2n) is 1.34. The van der Waals surface area contributed by atoms with Crippen LogP contribution in [0.3, 0.4) is 0 Å². The third-order valence-electron chi connectivity index (χ3n) is 0.756. The van der Waals surface area contributed by atoms with E-state index in [0.717, 1.165) is 0 Å². The molecule has 2 heteroatoms. The Morgan fingerprint density at radius 3 is 1.75 bits per heavy atom. The van der Waals surface area contributed by atoms with Crippen molar-refractivity contribution in [3.8, 4) is 0 Å². The van der Waals surface area contributed by atoms with E-state index in [1.54, 1.807) is 0 Å². The zero-order valence-corrected chi connectivity index (χ0v) is 9.38. The largest absolute Gasteiger partial charge is 0 e. The molecule has 0 aliphatic heterocycles. The van der Waals surface area contributed by atoms with E-state index in [4.69, 9.17) is 0 Å². The van der Waals surface area contributed by atoms with Gasteiger partial charge in [0.15, 0.2) is 0 Å². The van der Waals surface area contributed by atoms with E-state index in [1.165, 1.54) is 4.46 Å². The molecule has 1 aromatic carbocycles. The van der Waals surface area contributed by atoms with Crippen molar-refractivity contribution >= 4 is 20.5 Å². The van der Waals surface area contributed by atoms with Crippen LogP contribution >= 0.6 is 0 Å². The number of hydrogen-bond donors (Lipinski definition) is 0. The zero-order chi connectivity index (χ0) is 5.11. The second-order valence-corrected chi connectivity index (χ2v) is 2.42. The van der Waals surface area contributed by atoms with Gasteiger partial charge >= 0.3 is 50.8 Å². The monoisotopic (exact) mass is 222 g/mol. The molecule has 0 saturated heterocycles. The predicted octanol–water partition coefficient (Wildman–Crippen LogP) is 0.210. The average molecular weight is 222 g/mol. The van der Waals surface area contributed by atoms with Gasteiger partial charge in [-0.15, -0.1) is 0 Å². The van der Waals surface area contributed by atoms with Crippen molar-refractivity contribution in [1.82, 2.24) is 0 Å². The van der Waals surface area contributed by atoms with Gasteiger partial charge in [0.05, 0.1) is 0 Å². The Kier molecular flexibility index (Phi) is 4.46.